The van der Waals surface area contributed by atoms with Crippen molar-refractivity contribution in [2.75, 3.05) is 13.1 Å². The third kappa shape index (κ3) is 3.47. The first-order valence-electron chi connectivity index (χ1n) is 7.72. The molecule has 0 bridgehead atoms. The van der Waals surface area contributed by atoms with Gasteiger partial charge in [0.2, 0.25) is 10.0 Å². The minimum atomic E-state index is -3.42. The van der Waals surface area contributed by atoms with Crippen LogP contribution in [-0.2, 0) is 10.0 Å². The number of benzene rings is 1. The van der Waals surface area contributed by atoms with Gasteiger partial charge in [0.25, 0.3) is 0 Å². The molecule has 0 radical (unpaired) electrons. The molecule has 2 rings (SSSR count). The van der Waals surface area contributed by atoms with Crippen LogP contribution in [0.3, 0.4) is 0 Å². The number of nitrogens with zero attached hydrogens (tertiary/aromatic N) is 1. The third-order valence-electron chi connectivity index (χ3n) is 4.22. The maximum Gasteiger partial charge on any atom is 0.243 e. The van der Waals surface area contributed by atoms with Crippen molar-refractivity contribution in [3.05, 3.63) is 29.3 Å². The molecule has 1 saturated heterocycles. The second-order valence-corrected chi connectivity index (χ2v) is 7.86. The van der Waals surface area contributed by atoms with E-state index in [9.17, 15) is 8.42 Å². The largest absolute Gasteiger partial charge is 0.311 e. The number of sulfonamides is 1. The van der Waals surface area contributed by atoms with Crippen LogP contribution >= 0.6 is 0 Å². The minimum Gasteiger partial charge on any atom is -0.311 e. The van der Waals surface area contributed by atoms with Crippen LogP contribution in [0.4, 0.5) is 0 Å². The van der Waals surface area contributed by atoms with Gasteiger partial charge in [0.1, 0.15) is 0 Å². The number of aryl methyl sites for hydroxylation is 2. The van der Waals surface area contributed by atoms with Gasteiger partial charge in [-0.2, -0.15) is 4.31 Å². The summed E-state index contributed by atoms with van der Waals surface area (Å²) in [7, 11) is -3.42. The molecule has 1 aliphatic heterocycles. The van der Waals surface area contributed by atoms with Crippen LogP contribution < -0.4 is 5.32 Å². The molecular formula is C16H26N2O2S. The number of nitrogens with one attached hydrogen (secondary N) is 1. The zero-order chi connectivity index (χ0) is 15.6. The summed E-state index contributed by atoms with van der Waals surface area (Å²) >= 11 is 0. The summed E-state index contributed by atoms with van der Waals surface area (Å²) in [6.45, 7) is 9.31. The van der Waals surface area contributed by atoms with E-state index in [1.807, 2.05) is 26.8 Å². The van der Waals surface area contributed by atoms with Crippen molar-refractivity contribution >= 4 is 10.0 Å². The molecule has 2 unspecified atom stereocenters. The molecule has 21 heavy (non-hydrogen) atoms. The fraction of sp³-hybridized carbons (Fsp3) is 0.625. The quantitative estimate of drug-likeness (QED) is 0.929. The van der Waals surface area contributed by atoms with Gasteiger partial charge in [-0.3, -0.25) is 0 Å². The van der Waals surface area contributed by atoms with Gasteiger partial charge in [0.05, 0.1) is 4.90 Å². The molecule has 1 aliphatic rings. The average Bonchev–Trinajstić information content (AvgIpc) is 2.45. The number of rotatable bonds is 4. The molecule has 1 N–H and O–H groups in total. The van der Waals surface area contributed by atoms with Gasteiger partial charge in [-0.05, 0) is 49.9 Å². The lowest BCUT2D eigenvalue weighted by Gasteiger charge is -2.39. The molecule has 1 heterocycles. The Morgan fingerprint density at radius 2 is 1.76 bits per heavy atom. The van der Waals surface area contributed by atoms with Crippen molar-refractivity contribution in [3.63, 3.8) is 0 Å². The highest BCUT2D eigenvalue weighted by Crippen LogP contribution is 2.24. The Morgan fingerprint density at radius 1 is 1.14 bits per heavy atom. The zero-order valence-corrected chi connectivity index (χ0v) is 14.2. The SMILES string of the molecule is CCC1CN(S(=O)(=O)c2cc(C)cc(C)c2)C(CC)CN1. The van der Waals surface area contributed by atoms with Crippen LogP contribution in [0.2, 0.25) is 0 Å². The molecule has 1 fully saturated rings. The maximum absolute atomic E-state index is 13.0. The highest BCUT2D eigenvalue weighted by molar-refractivity contribution is 7.89. The Bertz CT molecular complexity index is 578. The van der Waals surface area contributed by atoms with E-state index >= 15 is 0 Å². The lowest BCUT2D eigenvalue weighted by Crippen LogP contribution is -2.57. The summed E-state index contributed by atoms with van der Waals surface area (Å²) in [5, 5.41) is 3.44. The van der Waals surface area contributed by atoms with E-state index in [0.29, 0.717) is 11.4 Å². The standard InChI is InChI=1S/C16H26N2O2S/c1-5-14-11-18(15(6-2)10-17-14)21(19,20)16-8-12(3)7-13(4)9-16/h7-9,14-15,17H,5-6,10-11H2,1-4H3. The van der Waals surface area contributed by atoms with E-state index in [1.54, 1.807) is 16.4 Å². The predicted octanol–water partition coefficient (Wildman–Crippen LogP) is 2.45. The zero-order valence-electron chi connectivity index (χ0n) is 13.4. The molecule has 5 heteroatoms. The van der Waals surface area contributed by atoms with Gasteiger partial charge in [-0.1, -0.05) is 19.9 Å². The molecule has 1 aromatic rings. The first-order valence-corrected chi connectivity index (χ1v) is 9.16. The van der Waals surface area contributed by atoms with Crippen molar-refractivity contribution < 1.29 is 8.42 Å². The predicted molar refractivity (Wildman–Crippen MR) is 86.0 cm³/mol. The van der Waals surface area contributed by atoms with Gasteiger partial charge in [-0.25, -0.2) is 8.42 Å². The average molecular weight is 310 g/mol. The molecule has 0 aliphatic carbocycles. The molecule has 0 aromatic heterocycles. The van der Waals surface area contributed by atoms with Crippen LogP contribution in [-0.4, -0.2) is 37.9 Å². The molecule has 118 valence electrons. The summed E-state index contributed by atoms with van der Waals surface area (Å²) in [6.07, 6.45) is 1.77. The fourth-order valence-electron chi connectivity index (χ4n) is 2.97. The van der Waals surface area contributed by atoms with E-state index in [2.05, 4.69) is 12.2 Å². The lowest BCUT2D eigenvalue weighted by atomic mass is 10.1. The van der Waals surface area contributed by atoms with Gasteiger partial charge < -0.3 is 5.32 Å². The van der Waals surface area contributed by atoms with Crippen LogP contribution in [0.5, 0.6) is 0 Å². The summed E-state index contributed by atoms with van der Waals surface area (Å²) in [6, 6.07) is 5.84. The van der Waals surface area contributed by atoms with Gasteiger partial charge in [0.15, 0.2) is 0 Å². The van der Waals surface area contributed by atoms with Crippen LogP contribution in [0.1, 0.15) is 37.8 Å². The minimum absolute atomic E-state index is 0.0404. The van der Waals surface area contributed by atoms with E-state index in [1.165, 1.54) is 0 Å². The summed E-state index contributed by atoms with van der Waals surface area (Å²) < 4.78 is 27.7. The fourth-order valence-corrected chi connectivity index (χ4v) is 4.90. The monoisotopic (exact) mass is 310 g/mol. The van der Waals surface area contributed by atoms with Crippen molar-refractivity contribution in [3.8, 4) is 0 Å². The first kappa shape index (κ1) is 16.5. The number of hydrogen-bond donors (Lipinski definition) is 1. The van der Waals surface area contributed by atoms with E-state index in [-0.39, 0.29) is 12.1 Å². The normalized spacial score (nSPS) is 24.2. The summed E-state index contributed by atoms with van der Waals surface area (Å²) in [5.41, 5.74) is 1.98. The Morgan fingerprint density at radius 3 is 2.29 bits per heavy atom. The smallest absolute Gasteiger partial charge is 0.243 e. The van der Waals surface area contributed by atoms with Crippen molar-refractivity contribution in [2.45, 2.75) is 57.5 Å². The molecule has 0 amide bonds. The van der Waals surface area contributed by atoms with Crippen LogP contribution in [0, 0.1) is 13.8 Å². The van der Waals surface area contributed by atoms with Gasteiger partial charge in [-0.15, -0.1) is 0 Å². The summed E-state index contributed by atoms with van der Waals surface area (Å²) in [4.78, 5) is 0.426. The molecule has 1 aromatic carbocycles. The topological polar surface area (TPSA) is 49.4 Å². The van der Waals surface area contributed by atoms with Crippen LogP contribution in [0.25, 0.3) is 0 Å². The molecular weight excluding hydrogens is 284 g/mol. The molecule has 0 saturated carbocycles. The lowest BCUT2D eigenvalue weighted by molar-refractivity contribution is 0.215. The number of hydrogen-bond acceptors (Lipinski definition) is 3. The Hall–Kier alpha value is -0.910. The van der Waals surface area contributed by atoms with E-state index < -0.39 is 10.0 Å². The first-order chi connectivity index (χ1) is 9.88. The second kappa shape index (κ2) is 6.46. The highest BCUT2D eigenvalue weighted by Gasteiger charge is 2.35. The highest BCUT2D eigenvalue weighted by atomic mass is 32.2. The second-order valence-electron chi connectivity index (χ2n) is 5.97. The van der Waals surface area contributed by atoms with Crippen molar-refractivity contribution in [2.24, 2.45) is 0 Å². The summed E-state index contributed by atoms with van der Waals surface area (Å²) in [5.74, 6) is 0. The van der Waals surface area contributed by atoms with E-state index in [0.717, 1.165) is 30.5 Å². The Kier molecular flexibility index (Phi) is 5.07. The van der Waals surface area contributed by atoms with Gasteiger partial charge in [0, 0.05) is 25.2 Å². The Labute approximate surface area is 128 Å². The Balaban J connectivity index is 2.39. The van der Waals surface area contributed by atoms with Gasteiger partial charge >= 0.3 is 0 Å². The molecule has 4 nitrogen and oxygen atoms in total. The third-order valence-corrected chi connectivity index (χ3v) is 6.11. The van der Waals surface area contributed by atoms with Crippen molar-refractivity contribution in [1.82, 2.24) is 9.62 Å². The van der Waals surface area contributed by atoms with E-state index in [4.69, 9.17) is 0 Å². The maximum atomic E-state index is 13.0. The molecule has 0 spiro atoms. The van der Waals surface area contributed by atoms with Crippen molar-refractivity contribution in [1.29, 1.82) is 0 Å². The molecule has 2 atom stereocenters. The van der Waals surface area contributed by atoms with Crippen LogP contribution in [0.15, 0.2) is 23.1 Å². The number of piperazine rings is 1.